The molecule has 4 aromatic rings. The predicted molar refractivity (Wildman–Crippen MR) is 158 cm³/mol. The Morgan fingerprint density at radius 2 is 1.59 bits per heavy atom. The van der Waals surface area contributed by atoms with E-state index in [0.717, 1.165) is 5.56 Å². The molecule has 1 aliphatic heterocycles. The maximum atomic E-state index is 14.0. The third-order valence-electron chi connectivity index (χ3n) is 6.71. The molecule has 0 saturated carbocycles. The number of para-hydroxylation sites is 1. The van der Waals surface area contributed by atoms with Crippen LogP contribution in [0.5, 0.6) is 23.0 Å². The number of ether oxygens (including phenoxy) is 4. The lowest BCUT2D eigenvalue weighted by molar-refractivity contribution is -0.113. The van der Waals surface area contributed by atoms with E-state index in [4.69, 9.17) is 23.9 Å². The van der Waals surface area contributed by atoms with Gasteiger partial charge < -0.3 is 24.3 Å². The molecule has 1 aliphatic rings. The largest absolute Gasteiger partial charge is 0.497 e. The van der Waals surface area contributed by atoms with Crippen molar-refractivity contribution in [3.05, 3.63) is 109 Å². The summed E-state index contributed by atoms with van der Waals surface area (Å²) in [5, 5.41) is 2.96. The molecule has 0 bridgehead atoms. The zero-order chi connectivity index (χ0) is 29.1. The molecular formula is C31H29N3O6S. The van der Waals surface area contributed by atoms with Crippen LogP contribution in [0, 0.1) is 0 Å². The van der Waals surface area contributed by atoms with E-state index < -0.39 is 6.04 Å². The van der Waals surface area contributed by atoms with Gasteiger partial charge in [0.25, 0.3) is 11.5 Å². The van der Waals surface area contributed by atoms with Gasteiger partial charge in [-0.25, -0.2) is 4.99 Å². The first-order valence-electron chi connectivity index (χ1n) is 12.7. The number of benzene rings is 3. The zero-order valence-electron chi connectivity index (χ0n) is 23.3. The predicted octanol–water partition coefficient (Wildman–Crippen LogP) is 3.91. The minimum absolute atomic E-state index is 0.277. The molecule has 1 amide bonds. The van der Waals surface area contributed by atoms with Gasteiger partial charge in [-0.2, -0.15) is 0 Å². The van der Waals surface area contributed by atoms with Gasteiger partial charge >= 0.3 is 0 Å². The van der Waals surface area contributed by atoms with Crippen LogP contribution in [0.4, 0.5) is 5.69 Å². The van der Waals surface area contributed by atoms with Crippen molar-refractivity contribution in [2.24, 2.45) is 4.99 Å². The summed E-state index contributed by atoms with van der Waals surface area (Å²) in [7, 11) is 6.19. The average molecular weight is 572 g/mol. The van der Waals surface area contributed by atoms with E-state index in [1.165, 1.54) is 32.7 Å². The second kappa shape index (κ2) is 11.7. The average Bonchev–Trinajstić information content (AvgIpc) is 3.29. The second-order valence-corrected chi connectivity index (χ2v) is 10.1. The van der Waals surface area contributed by atoms with Crippen LogP contribution in [0.3, 0.4) is 0 Å². The Kier molecular flexibility index (Phi) is 7.93. The summed E-state index contributed by atoms with van der Waals surface area (Å²) in [6.07, 6.45) is 1.75. The summed E-state index contributed by atoms with van der Waals surface area (Å²) in [6, 6.07) is 19.3. The molecule has 0 radical (unpaired) electrons. The van der Waals surface area contributed by atoms with E-state index in [2.05, 4.69) is 5.32 Å². The number of fused-ring (bicyclic) bond motifs is 1. The van der Waals surface area contributed by atoms with Gasteiger partial charge in [-0.15, -0.1) is 0 Å². The fraction of sp³-hybridized carbons (Fsp3) is 0.194. The van der Waals surface area contributed by atoms with Crippen molar-refractivity contribution in [1.82, 2.24) is 4.57 Å². The van der Waals surface area contributed by atoms with E-state index in [9.17, 15) is 9.59 Å². The number of rotatable bonds is 8. The molecule has 10 heteroatoms. The highest BCUT2D eigenvalue weighted by atomic mass is 32.1. The lowest BCUT2D eigenvalue weighted by Crippen LogP contribution is -2.40. The number of carbonyl (C=O) groups is 1. The van der Waals surface area contributed by atoms with Crippen LogP contribution in [0.25, 0.3) is 6.08 Å². The van der Waals surface area contributed by atoms with Crippen LogP contribution in [0.1, 0.15) is 24.1 Å². The van der Waals surface area contributed by atoms with Crippen LogP contribution in [-0.2, 0) is 4.79 Å². The fourth-order valence-corrected chi connectivity index (χ4v) is 5.82. The zero-order valence-corrected chi connectivity index (χ0v) is 24.1. The van der Waals surface area contributed by atoms with E-state index in [1.54, 1.807) is 36.8 Å². The minimum atomic E-state index is -0.706. The van der Waals surface area contributed by atoms with Gasteiger partial charge in [0.1, 0.15) is 5.75 Å². The van der Waals surface area contributed by atoms with Crippen LogP contribution in [0.15, 0.2) is 87.8 Å². The van der Waals surface area contributed by atoms with Gasteiger partial charge in [-0.05, 0) is 60.5 Å². The molecule has 0 saturated heterocycles. The van der Waals surface area contributed by atoms with Crippen molar-refractivity contribution in [3.8, 4) is 23.0 Å². The summed E-state index contributed by atoms with van der Waals surface area (Å²) >= 11 is 1.25. The van der Waals surface area contributed by atoms with Crippen LogP contribution >= 0.6 is 11.3 Å². The summed E-state index contributed by atoms with van der Waals surface area (Å²) in [5.41, 5.74) is 2.71. The van der Waals surface area contributed by atoms with Gasteiger partial charge in [0.15, 0.2) is 16.3 Å². The van der Waals surface area contributed by atoms with E-state index in [-0.39, 0.29) is 11.5 Å². The molecule has 0 fully saturated rings. The topological polar surface area (TPSA) is 100 Å². The summed E-state index contributed by atoms with van der Waals surface area (Å²) < 4.78 is 23.7. The third-order valence-corrected chi connectivity index (χ3v) is 7.70. The van der Waals surface area contributed by atoms with Crippen molar-refractivity contribution in [1.29, 1.82) is 0 Å². The first-order chi connectivity index (χ1) is 19.9. The number of nitrogens with one attached hydrogen (secondary N) is 1. The van der Waals surface area contributed by atoms with Gasteiger partial charge in [-0.3, -0.25) is 14.2 Å². The molecule has 41 heavy (non-hydrogen) atoms. The lowest BCUT2D eigenvalue weighted by Gasteiger charge is -2.25. The Balaban J connectivity index is 1.68. The quantitative estimate of drug-likeness (QED) is 0.344. The number of anilines is 1. The molecule has 2 heterocycles. The monoisotopic (exact) mass is 571 g/mol. The normalized spacial score (nSPS) is 14.7. The van der Waals surface area contributed by atoms with E-state index in [0.29, 0.717) is 54.9 Å². The maximum Gasteiger partial charge on any atom is 0.271 e. The van der Waals surface area contributed by atoms with Crippen molar-refractivity contribution in [2.45, 2.75) is 13.0 Å². The Bertz CT molecular complexity index is 1780. The minimum Gasteiger partial charge on any atom is -0.497 e. The number of hydrogen-bond donors (Lipinski definition) is 1. The highest BCUT2D eigenvalue weighted by Crippen LogP contribution is 2.38. The molecule has 3 aromatic carbocycles. The molecule has 5 rings (SSSR count). The standard InChI is InChI=1S/C31H29N3O6S/c1-18-26(29(35)33-21-9-7-6-8-10-21)27(20-11-13-22(37-2)14-12-20)34-30(36)25(41-31(34)32-18)17-19-15-23(38-3)28(40-5)24(16-19)39-4/h6-17,27H,1-5H3,(H,33,35)/b25-17+/t27-/m1/s1. The van der Waals surface area contributed by atoms with Crippen LogP contribution in [-0.4, -0.2) is 38.9 Å². The third kappa shape index (κ3) is 5.33. The molecular weight excluding hydrogens is 542 g/mol. The number of thiazole rings is 1. The summed E-state index contributed by atoms with van der Waals surface area (Å²) in [6.45, 7) is 1.78. The van der Waals surface area contributed by atoms with Crippen molar-refractivity contribution in [2.75, 3.05) is 33.8 Å². The fourth-order valence-electron chi connectivity index (χ4n) is 4.77. The number of methoxy groups -OCH3 is 4. The Morgan fingerprint density at radius 3 is 2.17 bits per heavy atom. The van der Waals surface area contributed by atoms with Crippen molar-refractivity contribution in [3.63, 3.8) is 0 Å². The van der Waals surface area contributed by atoms with Crippen LogP contribution in [0.2, 0.25) is 0 Å². The lowest BCUT2D eigenvalue weighted by atomic mass is 9.95. The maximum absolute atomic E-state index is 14.0. The van der Waals surface area contributed by atoms with Gasteiger partial charge in [0, 0.05) is 5.69 Å². The highest BCUT2D eigenvalue weighted by Gasteiger charge is 2.32. The molecule has 1 aromatic heterocycles. The SMILES string of the molecule is COc1ccc([C@@H]2C(C(=O)Nc3ccccc3)=C(C)N=c3s/c(=C/c4cc(OC)c(OC)c(OC)c4)c(=O)n32)cc1. The summed E-state index contributed by atoms with van der Waals surface area (Å²) in [4.78, 5) is 32.9. The number of amides is 1. The Morgan fingerprint density at radius 1 is 0.927 bits per heavy atom. The first-order valence-corrected chi connectivity index (χ1v) is 13.5. The molecule has 0 spiro atoms. The first kappa shape index (κ1) is 27.7. The molecule has 1 N–H and O–H groups in total. The summed E-state index contributed by atoms with van der Waals surface area (Å²) in [5.74, 6) is 1.73. The number of carbonyl (C=O) groups excluding carboxylic acids is 1. The van der Waals surface area contributed by atoms with Crippen molar-refractivity contribution >= 4 is 29.0 Å². The molecule has 210 valence electrons. The van der Waals surface area contributed by atoms with Gasteiger partial charge in [-0.1, -0.05) is 41.7 Å². The number of hydrogen-bond acceptors (Lipinski definition) is 8. The number of allylic oxidation sites excluding steroid dienone is 1. The molecule has 9 nitrogen and oxygen atoms in total. The molecule has 0 aliphatic carbocycles. The number of aromatic nitrogens is 1. The van der Waals surface area contributed by atoms with Crippen LogP contribution < -0.4 is 39.2 Å². The van der Waals surface area contributed by atoms with Gasteiger partial charge in [0.2, 0.25) is 5.75 Å². The Hall–Kier alpha value is -4.83. The smallest absolute Gasteiger partial charge is 0.271 e. The van der Waals surface area contributed by atoms with Crippen molar-refractivity contribution < 1.29 is 23.7 Å². The molecule has 1 atom stereocenters. The molecule has 0 unspecified atom stereocenters. The van der Waals surface area contributed by atoms with Gasteiger partial charge in [0.05, 0.1) is 50.3 Å². The Labute approximate surface area is 240 Å². The number of nitrogens with zero attached hydrogens (tertiary/aromatic N) is 2. The van der Waals surface area contributed by atoms with E-state index >= 15 is 0 Å². The second-order valence-electron chi connectivity index (χ2n) is 9.13. The van der Waals surface area contributed by atoms with E-state index in [1.807, 2.05) is 54.6 Å². The highest BCUT2D eigenvalue weighted by molar-refractivity contribution is 7.07.